The molecule has 0 spiro atoms. The van der Waals surface area contributed by atoms with E-state index in [4.69, 9.17) is 21.0 Å². The van der Waals surface area contributed by atoms with Crippen LogP contribution in [0.3, 0.4) is 0 Å². The van der Waals surface area contributed by atoms with Crippen LogP contribution in [0.25, 0.3) is 33.6 Å². The normalized spacial score (nSPS) is 13.7. The number of aromatic nitrogens is 4. The van der Waals surface area contributed by atoms with Gasteiger partial charge in [-0.05, 0) is 53.8 Å². The summed E-state index contributed by atoms with van der Waals surface area (Å²) in [6.07, 6.45) is 9.15. The first-order valence-electron chi connectivity index (χ1n) is 12.9. The van der Waals surface area contributed by atoms with E-state index in [9.17, 15) is 10.0 Å². The van der Waals surface area contributed by atoms with E-state index < -0.39 is 6.09 Å². The third-order valence-electron chi connectivity index (χ3n) is 7.14. The topological polar surface area (TPSA) is 117 Å². The number of ether oxygens (including phenoxy) is 1. The van der Waals surface area contributed by atoms with Crippen molar-refractivity contribution in [3.05, 3.63) is 96.2 Å². The molecule has 0 aliphatic heterocycles. The van der Waals surface area contributed by atoms with E-state index in [1.165, 1.54) is 31.1 Å². The molecule has 6 rings (SSSR count). The molecule has 1 aliphatic rings. The SMILES string of the molecule is COC(=O)Nc1ccc(-c2cnc(C(CC3CC3)c3ccc(-c4cc(Cl)ccc4-c4cocn4)c[n+]3O)[nH]2)cc1. The molecular weight excluding hydrogens is 530 g/mol. The Morgan fingerprint density at radius 3 is 2.65 bits per heavy atom. The second-order valence-electron chi connectivity index (χ2n) is 9.86. The molecule has 9 nitrogen and oxygen atoms in total. The van der Waals surface area contributed by atoms with Crippen LogP contribution in [0.2, 0.25) is 5.02 Å². The van der Waals surface area contributed by atoms with Crippen molar-refractivity contribution in [1.82, 2.24) is 15.0 Å². The van der Waals surface area contributed by atoms with Gasteiger partial charge < -0.3 is 14.1 Å². The molecule has 3 heterocycles. The molecule has 5 aromatic rings. The monoisotopic (exact) mass is 556 g/mol. The quantitative estimate of drug-likeness (QED) is 0.145. The minimum Gasteiger partial charge on any atom is -0.453 e. The number of oxazole rings is 1. The second kappa shape index (κ2) is 10.9. The summed E-state index contributed by atoms with van der Waals surface area (Å²) in [5, 5.41) is 14.4. The number of H-pyrrole nitrogens is 1. The largest absolute Gasteiger partial charge is 0.453 e. The molecular formula is C30H27ClN5O4+. The van der Waals surface area contributed by atoms with Gasteiger partial charge in [0, 0.05) is 27.1 Å². The van der Waals surface area contributed by atoms with Crippen molar-refractivity contribution < 1.29 is 23.9 Å². The molecule has 1 saturated carbocycles. The van der Waals surface area contributed by atoms with E-state index in [1.54, 1.807) is 36.9 Å². The predicted molar refractivity (Wildman–Crippen MR) is 149 cm³/mol. The number of pyridine rings is 1. The Morgan fingerprint density at radius 1 is 1.15 bits per heavy atom. The lowest BCUT2D eigenvalue weighted by Crippen LogP contribution is -2.37. The average Bonchev–Trinajstić information content (AvgIpc) is 3.39. The zero-order chi connectivity index (χ0) is 27.6. The van der Waals surface area contributed by atoms with Crippen molar-refractivity contribution in [2.24, 2.45) is 5.92 Å². The smallest absolute Gasteiger partial charge is 0.411 e. The Morgan fingerprint density at radius 2 is 1.95 bits per heavy atom. The third kappa shape index (κ3) is 5.41. The van der Waals surface area contributed by atoms with Crippen LogP contribution >= 0.6 is 11.6 Å². The fourth-order valence-corrected chi connectivity index (χ4v) is 5.05. The molecule has 1 unspecified atom stereocenters. The van der Waals surface area contributed by atoms with Gasteiger partial charge in [-0.3, -0.25) is 10.5 Å². The van der Waals surface area contributed by atoms with E-state index in [-0.39, 0.29) is 5.92 Å². The zero-order valence-electron chi connectivity index (χ0n) is 21.7. The number of anilines is 1. The molecule has 202 valence electrons. The maximum absolute atomic E-state index is 11.5. The number of amides is 1. The van der Waals surface area contributed by atoms with Crippen LogP contribution in [0.5, 0.6) is 0 Å². The highest BCUT2D eigenvalue weighted by Gasteiger charge is 2.34. The molecule has 0 radical (unpaired) electrons. The molecule has 0 bridgehead atoms. The standard InChI is InChI=1S/C30H26ClN5O4/c1-39-30(37)34-22-8-4-19(5-9-22)26-14-32-29(35-26)25(12-18-2-3-18)28-11-6-20(15-36(28)38)24-13-21(31)7-10-23(24)27-16-40-17-33-27/h4-11,13-18,25H,2-3,12H2,1H3,(H2-,32,34,35,37,38)/p+1. The maximum atomic E-state index is 11.5. The van der Waals surface area contributed by atoms with E-state index in [0.29, 0.717) is 22.3 Å². The van der Waals surface area contributed by atoms with Gasteiger partial charge in [-0.15, -0.1) is 0 Å². The van der Waals surface area contributed by atoms with E-state index in [2.05, 4.69) is 20.0 Å². The van der Waals surface area contributed by atoms with Crippen molar-refractivity contribution >= 4 is 23.4 Å². The van der Waals surface area contributed by atoms with Gasteiger partial charge in [-0.25, -0.2) is 14.8 Å². The molecule has 1 aliphatic carbocycles. The van der Waals surface area contributed by atoms with Gasteiger partial charge in [-0.2, -0.15) is 0 Å². The number of hydrogen-bond donors (Lipinski definition) is 3. The predicted octanol–water partition coefficient (Wildman–Crippen LogP) is 6.69. The Hall–Kier alpha value is -4.63. The van der Waals surface area contributed by atoms with Crippen LogP contribution < -0.4 is 10.0 Å². The van der Waals surface area contributed by atoms with E-state index in [1.807, 2.05) is 36.4 Å². The Bertz CT molecular complexity index is 1650. The zero-order valence-corrected chi connectivity index (χ0v) is 22.4. The van der Waals surface area contributed by atoms with Crippen molar-refractivity contribution in [1.29, 1.82) is 0 Å². The Kier molecular flexibility index (Phi) is 6.96. The lowest BCUT2D eigenvalue weighted by molar-refractivity contribution is -0.909. The summed E-state index contributed by atoms with van der Waals surface area (Å²) in [4.78, 5) is 23.9. The molecule has 1 atom stereocenters. The molecule has 3 aromatic heterocycles. The van der Waals surface area contributed by atoms with Crippen LogP contribution in [0, 0.1) is 5.92 Å². The lowest BCUT2D eigenvalue weighted by Gasteiger charge is -2.12. The van der Waals surface area contributed by atoms with Crippen LogP contribution in [-0.2, 0) is 4.74 Å². The molecule has 3 N–H and O–H groups in total. The fraction of sp³-hybridized carbons (Fsp3) is 0.200. The number of halogens is 1. The second-order valence-corrected chi connectivity index (χ2v) is 10.3. The number of methoxy groups -OCH3 is 1. The number of benzene rings is 2. The summed E-state index contributed by atoms with van der Waals surface area (Å²) >= 11 is 6.33. The summed E-state index contributed by atoms with van der Waals surface area (Å²) in [5.41, 5.74) is 6.30. The van der Waals surface area contributed by atoms with Gasteiger partial charge in [0.2, 0.25) is 11.9 Å². The molecule has 10 heteroatoms. The number of hydrogen-bond acceptors (Lipinski definition) is 6. The first kappa shape index (κ1) is 25.6. The minimum atomic E-state index is -0.521. The number of nitrogens with one attached hydrogen (secondary N) is 2. The summed E-state index contributed by atoms with van der Waals surface area (Å²) in [6, 6.07) is 16.9. The third-order valence-corrected chi connectivity index (χ3v) is 7.37. The average molecular weight is 557 g/mol. The van der Waals surface area contributed by atoms with Gasteiger partial charge in [-0.1, -0.05) is 42.6 Å². The van der Waals surface area contributed by atoms with Crippen molar-refractivity contribution in [2.45, 2.75) is 25.2 Å². The summed E-state index contributed by atoms with van der Waals surface area (Å²) in [5.74, 6) is 1.24. The minimum absolute atomic E-state index is 0.130. The highest BCUT2D eigenvalue weighted by Crippen LogP contribution is 2.41. The van der Waals surface area contributed by atoms with Gasteiger partial charge in [0.25, 0.3) is 0 Å². The van der Waals surface area contributed by atoms with Crippen LogP contribution in [0.15, 0.2) is 84.1 Å². The fourth-order valence-electron chi connectivity index (χ4n) is 4.88. The summed E-state index contributed by atoms with van der Waals surface area (Å²) < 4.78 is 11.0. The van der Waals surface area contributed by atoms with Crippen molar-refractivity contribution in [3.8, 4) is 33.6 Å². The number of nitrogens with zero attached hydrogens (tertiary/aromatic N) is 3. The lowest BCUT2D eigenvalue weighted by atomic mass is 9.94. The van der Waals surface area contributed by atoms with Crippen molar-refractivity contribution in [2.75, 3.05) is 12.4 Å². The number of imidazole rings is 1. The Labute approximate surface area is 235 Å². The van der Waals surface area contributed by atoms with E-state index >= 15 is 0 Å². The molecule has 1 amide bonds. The molecule has 40 heavy (non-hydrogen) atoms. The van der Waals surface area contributed by atoms with Gasteiger partial charge in [0.15, 0.2) is 6.39 Å². The molecule has 0 saturated heterocycles. The van der Waals surface area contributed by atoms with E-state index in [0.717, 1.165) is 45.9 Å². The highest BCUT2D eigenvalue weighted by atomic mass is 35.5. The number of aromatic amines is 1. The first-order valence-corrected chi connectivity index (χ1v) is 13.3. The molecule has 2 aromatic carbocycles. The van der Waals surface area contributed by atoms with Crippen LogP contribution in [0.1, 0.15) is 36.7 Å². The summed E-state index contributed by atoms with van der Waals surface area (Å²) in [6.45, 7) is 0. The summed E-state index contributed by atoms with van der Waals surface area (Å²) in [7, 11) is 1.32. The Balaban J connectivity index is 1.30. The van der Waals surface area contributed by atoms with Gasteiger partial charge in [0.05, 0.1) is 24.6 Å². The number of rotatable bonds is 8. The highest BCUT2D eigenvalue weighted by molar-refractivity contribution is 6.31. The maximum Gasteiger partial charge on any atom is 0.411 e. The first-order chi connectivity index (χ1) is 19.5. The van der Waals surface area contributed by atoms with Crippen LogP contribution in [0.4, 0.5) is 10.5 Å². The number of carbonyl (C=O) groups is 1. The molecule has 1 fully saturated rings. The van der Waals surface area contributed by atoms with Gasteiger partial charge in [0.1, 0.15) is 23.7 Å². The van der Waals surface area contributed by atoms with Crippen molar-refractivity contribution in [3.63, 3.8) is 0 Å². The van der Waals surface area contributed by atoms with Crippen LogP contribution in [-0.4, -0.2) is 33.4 Å². The van der Waals surface area contributed by atoms with Gasteiger partial charge >= 0.3 is 6.09 Å². The number of carbonyl (C=O) groups excluding carboxylic acids is 1.